The number of amides is 1. The van der Waals surface area contributed by atoms with Gasteiger partial charge in [0.15, 0.2) is 0 Å². The molecule has 2 N–H and O–H groups in total. The third kappa shape index (κ3) is 5.90. The van der Waals surface area contributed by atoms with E-state index in [2.05, 4.69) is 10.8 Å². The number of ether oxygens (including phenoxy) is 1. The molecule has 1 aliphatic rings. The second-order valence-corrected chi connectivity index (χ2v) is 3.44. The lowest BCUT2D eigenvalue weighted by Gasteiger charge is -2.05. The molecule has 1 aliphatic carbocycles. The van der Waals surface area contributed by atoms with Gasteiger partial charge in [-0.3, -0.25) is 9.63 Å². The fourth-order valence-corrected chi connectivity index (χ4v) is 1.00. The highest BCUT2D eigenvalue weighted by Crippen LogP contribution is 2.27. The molecule has 0 aromatic rings. The molecule has 0 spiro atoms. The van der Waals surface area contributed by atoms with Crippen LogP contribution in [-0.4, -0.2) is 39.3 Å². The van der Waals surface area contributed by atoms with Crippen molar-refractivity contribution in [3.63, 3.8) is 0 Å². The summed E-state index contributed by atoms with van der Waals surface area (Å²) in [5.41, 5.74) is 2.33. The zero-order valence-electron chi connectivity index (χ0n) is 8.54. The van der Waals surface area contributed by atoms with E-state index in [0.717, 1.165) is 12.5 Å². The maximum absolute atomic E-state index is 11.1. The van der Waals surface area contributed by atoms with E-state index in [-0.39, 0.29) is 5.91 Å². The summed E-state index contributed by atoms with van der Waals surface area (Å²) in [5, 5.41) is 3.06. The molecule has 0 aromatic heterocycles. The second kappa shape index (κ2) is 6.75. The fraction of sp³-hybridized carbons (Fsp3) is 0.889. The van der Waals surface area contributed by atoms with Gasteiger partial charge in [0.25, 0.3) is 5.91 Å². The molecule has 5 heteroatoms. The minimum absolute atomic E-state index is 0.137. The lowest BCUT2D eigenvalue weighted by Crippen LogP contribution is -2.35. The SMILES string of the molecule is COCCONC(=O)CNCC1CC1. The van der Waals surface area contributed by atoms with Crippen molar-refractivity contribution in [2.75, 3.05) is 33.4 Å². The zero-order valence-corrected chi connectivity index (χ0v) is 8.54. The molecular weight excluding hydrogens is 184 g/mol. The number of hydrogen-bond acceptors (Lipinski definition) is 4. The highest BCUT2D eigenvalue weighted by molar-refractivity contribution is 5.76. The van der Waals surface area contributed by atoms with Crippen molar-refractivity contribution in [3.05, 3.63) is 0 Å². The van der Waals surface area contributed by atoms with Crippen LogP contribution in [0.4, 0.5) is 0 Å². The first-order chi connectivity index (χ1) is 6.83. The molecule has 82 valence electrons. The third-order valence-corrected chi connectivity index (χ3v) is 1.99. The Labute approximate surface area is 84.1 Å². The quantitative estimate of drug-likeness (QED) is 0.418. The van der Waals surface area contributed by atoms with E-state index < -0.39 is 0 Å². The van der Waals surface area contributed by atoms with Gasteiger partial charge in [0.2, 0.25) is 0 Å². The minimum atomic E-state index is -0.137. The maximum atomic E-state index is 11.1. The first kappa shape index (κ1) is 11.4. The van der Waals surface area contributed by atoms with Crippen LogP contribution in [-0.2, 0) is 14.4 Å². The molecule has 1 saturated carbocycles. The Morgan fingerprint density at radius 1 is 1.43 bits per heavy atom. The molecule has 0 radical (unpaired) electrons. The molecular formula is C9H18N2O3. The second-order valence-electron chi connectivity index (χ2n) is 3.44. The Morgan fingerprint density at radius 2 is 2.21 bits per heavy atom. The first-order valence-electron chi connectivity index (χ1n) is 4.93. The number of hydroxylamine groups is 1. The van der Waals surface area contributed by atoms with Gasteiger partial charge < -0.3 is 10.1 Å². The summed E-state index contributed by atoms with van der Waals surface area (Å²) in [4.78, 5) is 15.9. The topological polar surface area (TPSA) is 59.6 Å². The van der Waals surface area contributed by atoms with Crippen LogP contribution in [0.3, 0.4) is 0 Å². The summed E-state index contributed by atoms with van der Waals surface area (Å²) >= 11 is 0. The Balaban J connectivity index is 1.82. The van der Waals surface area contributed by atoms with Gasteiger partial charge >= 0.3 is 0 Å². The average molecular weight is 202 g/mol. The van der Waals surface area contributed by atoms with Crippen LogP contribution < -0.4 is 10.8 Å². The van der Waals surface area contributed by atoms with Gasteiger partial charge in [-0.15, -0.1) is 0 Å². The average Bonchev–Trinajstić information content (AvgIpc) is 2.96. The smallest absolute Gasteiger partial charge is 0.257 e. The van der Waals surface area contributed by atoms with Gasteiger partial charge in [-0.2, -0.15) is 0 Å². The van der Waals surface area contributed by atoms with Crippen LogP contribution in [0.15, 0.2) is 0 Å². The molecule has 0 aromatic carbocycles. The number of hydrogen-bond donors (Lipinski definition) is 2. The normalized spacial score (nSPS) is 15.5. The van der Waals surface area contributed by atoms with Crippen LogP contribution in [0, 0.1) is 5.92 Å². The Bertz CT molecular complexity index is 171. The van der Waals surface area contributed by atoms with E-state index in [1.165, 1.54) is 12.8 Å². The Morgan fingerprint density at radius 3 is 2.86 bits per heavy atom. The number of methoxy groups -OCH3 is 1. The van der Waals surface area contributed by atoms with Crippen molar-refractivity contribution in [3.8, 4) is 0 Å². The van der Waals surface area contributed by atoms with Crippen molar-refractivity contribution in [1.82, 2.24) is 10.8 Å². The summed E-state index contributed by atoms with van der Waals surface area (Å²) in [6.07, 6.45) is 2.58. The van der Waals surface area contributed by atoms with Gasteiger partial charge in [-0.25, -0.2) is 5.48 Å². The zero-order chi connectivity index (χ0) is 10.2. The number of rotatable bonds is 8. The van der Waals surface area contributed by atoms with E-state index in [1.54, 1.807) is 7.11 Å². The molecule has 0 atom stereocenters. The van der Waals surface area contributed by atoms with Gasteiger partial charge in [-0.1, -0.05) is 0 Å². The number of nitrogens with one attached hydrogen (secondary N) is 2. The predicted molar refractivity (Wildman–Crippen MR) is 51.6 cm³/mol. The molecule has 0 unspecified atom stereocenters. The van der Waals surface area contributed by atoms with Crippen LogP contribution >= 0.6 is 0 Å². The summed E-state index contributed by atoms with van der Waals surface area (Å²) in [5.74, 6) is 0.652. The monoisotopic (exact) mass is 202 g/mol. The molecule has 14 heavy (non-hydrogen) atoms. The Kier molecular flexibility index (Phi) is 5.51. The van der Waals surface area contributed by atoms with Crippen LogP contribution in [0.2, 0.25) is 0 Å². The van der Waals surface area contributed by atoms with Gasteiger partial charge in [-0.05, 0) is 25.3 Å². The van der Waals surface area contributed by atoms with Crippen LogP contribution in [0.25, 0.3) is 0 Å². The van der Waals surface area contributed by atoms with E-state index >= 15 is 0 Å². The molecule has 0 bridgehead atoms. The predicted octanol–water partition coefficient (Wildman–Crippen LogP) is -0.320. The summed E-state index contributed by atoms with van der Waals surface area (Å²) in [6, 6.07) is 0. The van der Waals surface area contributed by atoms with Crippen molar-refractivity contribution < 1.29 is 14.4 Å². The van der Waals surface area contributed by atoms with Crippen LogP contribution in [0.5, 0.6) is 0 Å². The van der Waals surface area contributed by atoms with Crippen molar-refractivity contribution in [2.45, 2.75) is 12.8 Å². The van der Waals surface area contributed by atoms with Gasteiger partial charge in [0.05, 0.1) is 19.8 Å². The third-order valence-electron chi connectivity index (χ3n) is 1.99. The first-order valence-corrected chi connectivity index (χ1v) is 4.93. The van der Waals surface area contributed by atoms with E-state index in [9.17, 15) is 4.79 Å². The fourth-order valence-electron chi connectivity index (χ4n) is 1.00. The highest BCUT2D eigenvalue weighted by atomic mass is 16.7. The molecule has 0 aliphatic heterocycles. The number of carbonyl (C=O) groups is 1. The summed E-state index contributed by atoms with van der Waals surface area (Å²) in [6.45, 7) is 2.12. The maximum Gasteiger partial charge on any atom is 0.257 e. The minimum Gasteiger partial charge on any atom is -0.382 e. The van der Waals surface area contributed by atoms with Crippen LogP contribution in [0.1, 0.15) is 12.8 Å². The largest absolute Gasteiger partial charge is 0.382 e. The van der Waals surface area contributed by atoms with Gasteiger partial charge in [0.1, 0.15) is 0 Å². The van der Waals surface area contributed by atoms with Crippen molar-refractivity contribution in [1.29, 1.82) is 0 Å². The van der Waals surface area contributed by atoms with Gasteiger partial charge in [0, 0.05) is 7.11 Å². The molecule has 5 nitrogen and oxygen atoms in total. The Hall–Kier alpha value is -0.650. The molecule has 0 heterocycles. The molecule has 1 rings (SSSR count). The van der Waals surface area contributed by atoms with Crippen molar-refractivity contribution in [2.24, 2.45) is 5.92 Å². The van der Waals surface area contributed by atoms with E-state index in [4.69, 9.17) is 9.57 Å². The lowest BCUT2D eigenvalue weighted by atomic mass is 10.4. The van der Waals surface area contributed by atoms with Crippen molar-refractivity contribution >= 4 is 5.91 Å². The van der Waals surface area contributed by atoms with E-state index in [1.807, 2.05) is 0 Å². The summed E-state index contributed by atoms with van der Waals surface area (Å²) in [7, 11) is 1.59. The number of carbonyl (C=O) groups excluding carboxylic acids is 1. The molecule has 1 fully saturated rings. The summed E-state index contributed by atoms with van der Waals surface area (Å²) < 4.78 is 4.75. The molecule has 1 amide bonds. The lowest BCUT2D eigenvalue weighted by molar-refractivity contribution is -0.133. The van der Waals surface area contributed by atoms with E-state index in [0.29, 0.717) is 19.8 Å². The highest BCUT2D eigenvalue weighted by Gasteiger charge is 2.20. The molecule has 0 saturated heterocycles. The standard InChI is InChI=1S/C9H18N2O3/c1-13-4-5-14-11-9(12)7-10-6-8-2-3-8/h8,10H,2-7H2,1H3,(H,11,12).